The Morgan fingerprint density at radius 1 is 0.487 bits per heavy atom. The van der Waals surface area contributed by atoms with E-state index in [0.29, 0.717) is 0 Å². The molecule has 440 valence electrons. The average Bonchev–Trinajstić information content (AvgIpc) is 3.38. The molecule has 0 aromatic carbocycles. The van der Waals surface area contributed by atoms with Crippen LogP contribution in [0.5, 0.6) is 0 Å². The lowest BCUT2D eigenvalue weighted by Crippen LogP contribution is -2.69. The van der Waals surface area contributed by atoms with Crippen LogP contribution >= 0.6 is 0 Å². The van der Waals surface area contributed by atoms with Crippen LogP contribution in [-0.2, 0) is 66.5 Å². The lowest BCUT2D eigenvalue weighted by atomic mass is 9.95. The van der Waals surface area contributed by atoms with Gasteiger partial charge in [-0.2, -0.15) is 0 Å². The van der Waals surface area contributed by atoms with Crippen LogP contribution in [0.3, 0.4) is 0 Å². The molecule has 5 rings (SSSR count). The summed E-state index contributed by atoms with van der Waals surface area (Å²) in [6.45, 7) is -3.22. The van der Waals surface area contributed by atoms with Crippen molar-refractivity contribution in [2.24, 2.45) is 0 Å². The average molecular weight is 1110 g/mol. The van der Waals surface area contributed by atoms with Gasteiger partial charge in [-0.15, -0.1) is 0 Å². The highest BCUT2D eigenvalue weighted by Crippen LogP contribution is 2.36. The number of hydrogen-bond donors (Lipinski definition) is 20. The summed E-state index contributed by atoms with van der Waals surface area (Å²) in [5.41, 5.74) is 0. The summed E-state index contributed by atoms with van der Waals surface area (Å²) in [4.78, 5) is 48.3. The van der Waals surface area contributed by atoms with Gasteiger partial charge in [-0.3, -0.25) is 14.4 Å². The Hall–Kier alpha value is -3.00. The number of aldehydes is 1. The van der Waals surface area contributed by atoms with E-state index in [1.54, 1.807) is 0 Å². The van der Waals surface area contributed by atoms with Crippen molar-refractivity contribution in [3.63, 3.8) is 0 Å². The summed E-state index contributed by atoms with van der Waals surface area (Å²) in [6.07, 6.45) is -52.6. The van der Waals surface area contributed by atoms with Crippen LogP contribution in [0.15, 0.2) is 0 Å². The highest BCUT2D eigenvalue weighted by atomic mass is 16.8. The molecular formula is C42H71N3O31. The maximum Gasteiger partial charge on any atom is 0.217 e. The molecule has 0 spiro atoms. The van der Waals surface area contributed by atoms with Gasteiger partial charge in [-0.1, -0.05) is 0 Å². The van der Waals surface area contributed by atoms with E-state index in [-0.39, 0.29) is 6.29 Å². The molecule has 0 radical (unpaired) electrons. The molecule has 5 aliphatic heterocycles. The molecule has 5 aliphatic rings. The van der Waals surface area contributed by atoms with E-state index in [1.807, 2.05) is 0 Å². The highest BCUT2D eigenvalue weighted by Gasteiger charge is 2.57. The van der Waals surface area contributed by atoms with Gasteiger partial charge in [0.2, 0.25) is 17.7 Å². The first-order chi connectivity index (χ1) is 35.9. The lowest BCUT2D eigenvalue weighted by Gasteiger charge is -2.49. The Kier molecular flexibility index (Phi) is 23.9. The van der Waals surface area contributed by atoms with Gasteiger partial charge in [0, 0.05) is 20.8 Å². The summed E-state index contributed by atoms with van der Waals surface area (Å²) in [7, 11) is 0. The summed E-state index contributed by atoms with van der Waals surface area (Å²) in [6, 6.07) is -5.21. The number of nitrogens with one attached hydrogen (secondary N) is 3. The molecule has 29 atom stereocenters. The first-order valence-corrected chi connectivity index (χ1v) is 23.9. The van der Waals surface area contributed by atoms with Crippen molar-refractivity contribution in [3.05, 3.63) is 0 Å². The first-order valence-electron chi connectivity index (χ1n) is 23.9. The Balaban J connectivity index is 1.54. The minimum Gasteiger partial charge on any atom is -0.394 e. The third kappa shape index (κ3) is 14.7. The Morgan fingerprint density at radius 2 is 0.882 bits per heavy atom. The molecule has 34 heteroatoms. The predicted molar refractivity (Wildman–Crippen MR) is 235 cm³/mol. The lowest BCUT2D eigenvalue weighted by molar-refractivity contribution is -0.391. The van der Waals surface area contributed by atoms with Crippen LogP contribution < -0.4 is 16.0 Å². The third-order valence-corrected chi connectivity index (χ3v) is 13.2. The van der Waals surface area contributed by atoms with Gasteiger partial charge in [0.25, 0.3) is 0 Å². The normalized spacial score (nSPS) is 43.7. The standard InChI is InChI=1S/C42H71N3O31/c1-11(52)43-14(4-46)23(56)34(15(55)5-47)73-40-33(66)35(74-42-37(32(65)27(60)19(9-51)71-42)76-39-22(45-13(3)54)30(63)25(58)17(7-49)69-39)28(61)20(72-40)10-67-41-36(31(64)26(59)18(8-50)70-41)75-38-21(44-12(2)53)29(62)24(57)16(6-48)68-38/h4,14-42,47-51,55-66H,5-10H2,1-3H3,(H,43,52)(H,44,53)(H,45,54)/t14-,15+,16+,17+,18+,19+,20+,21+,22+,23+,24+,25+,26+,27+,28+,29+,30+,31-,32-,33-,34+,35-,36-,37-,38-,39-,40-,41-,42+/m0/s1. The minimum absolute atomic E-state index is 0.0288. The van der Waals surface area contributed by atoms with Crippen molar-refractivity contribution in [1.29, 1.82) is 0 Å². The largest absolute Gasteiger partial charge is 0.394 e. The van der Waals surface area contributed by atoms with Gasteiger partial charge >= 0.3 is 0 Å². The monoisotopic (exact) mass is 1110 g/mol. The van der Waals surface area contributed by atoms with Crippen LogP contribution in [0, 0.1) is 0 Å². The van der Waals surface area contributed by atoms with Crippen molar-refractivity contribution in [2.75, 3.05) is 39.6 Å². The number of aliphatic hydroxyl groups excluding tert-OH is 17. The van der Waals surface area contributed by atoms with Gasteiger partial charge in [0.15, 0.2) is 31.5 Å². The van der Waals surface area contributed by atoms with Crippen LogP contribution in [-0.4, -0.2) is 328 Å². The Morgan fingerprint density at radius 3 is 1.29 bits per heavy atom. The molecule has 5 heterocycles. The van der Waals surface area contributed by atoms with E-state index < -0.39 is 235 Å². The predicted octanol–water partition coefficient (Wildman–Crippen LogP) is -13.8. The van der Waals surface area contributed by atoms with Crippen LogP contribution in [0.25, 0.3) is 0 Å². The fourth-order valence-electron chi connectivity index (χ4n) is 9.08. The van der Waals surface area contributed by atoms with Crippen molar-refractivity contribution >= 4 is 24.0 Å². The SMILES string of the molecule is CC(=O)N[C@H]1[C@H](O[C@@H]2[C@@H](OC[C@H]3O[C@@H](O[C@@H]([C@H](O)[C@H](C=O)NC(C)=O)[C@H](O)CO)[C@@H](O)[C@@H](O[C@H]4O[C@H](CO)[C@@H](O)[C@H](O)[C@@H]4O[C@@H]4O[C@H](CO)[C@@H](O)[C@H](O)[C@H]4NC(C)=O)[C@@H]3O)O[C@H](CO)[C@@H](O)[C@@H]2O)O[C@H](CO)[C@@H](O)[C@@H]1O. The molecule has 76 heavy (non-hydrogen) atoms. The van der Waals surface area contributed by atoms with Crippen molar-refractivity contribution < 1.29 is 153 Å². The van der Waals surface area contributed by atoms with Crippen LogP contribution in [0.4, 0.5) is 0 Å². The Bertz CT molecular complexity index is 1850. The van der Waals surface area contributed by atoms with E-state index >= 15 is 0 Å². The molecule has 5 saturated heterocycles. The molecule has 0 unspecified atom stereocenters. The molecule has 0 bridgehead atoms. The number of rotatable bonds is 23. The number of carbonyl (C=O) groups excluding carboxylic acids is 4. The molecule has 0 saturated carbocycles. The quantitative estimate of drug-likeness (QED) is 0.0423. The number of hydrogen-bond acceptors (Lipinski definition) is 31. The van der Waals surface area contributed by atoms with Gasteiger partial charge in [-0.05, 0) is 0 Å². The second-order valence-corrected chi connectivity index (χ2v) is 18.6. The zero-order valence-electron chi connectivity index (χ0n) is 40.9. The van der Waals surface area contributed by atoms with Crippen molar-refractivity contribution in [3.8, 4) is 0 Å². The second kappa shape index (κ2) is 28.4. The van der Waals surface area contributed by atoms with Crippen molar-refractivity contribution in [2.45, 2.75) is 199 Å². The van der Waals surface area contributed by atoms with Gasteiger partial charge < -0.3 is 155 Å². The van der Waals surface area contributed by atoms with E-state index in [0.717, 1.165) is 20.8 Å². The van der Waals surface area contributed by atoms with Crippen LogP contribution in [0.1, 0.15) is 20.8 Å². The first kappa shape index (κ1) is 63.8. The number of aliphatic hydroxyl groups is 17. The minimum atomic E-state index is -2.43. The van der Waals surface area contributed by atoms with E-state index in [1.165, 1.54) is 0 Å². The number of carbonyl (C=O) groups is 4. The molecular weight excluding hydrogens is 1040 g/mol. The molecule has 0 aromatic heterocycles. The van der Waals surface area contributed by atoms with Gasteiger partial charge in [0.05, 0.1) is 39.6 Å². The number of amides is 3. The summed E-state index contributed by atoms with van der Waals surface area (Å²) >= 11 is 0. The van der Waals surface area contributed by atoms with Crippen molar-refractivity contribution in [1.82, 2.24) is 16.0 Å². The second-order valence-electron chi connectivity index (χ2n) is 18.6. The smallest absolute Gasteiger partial charge is 0.217 e. The molecule has 34 nitrogen and oxygen atoms in total. The summed E-state index contributed by atoms with van der Waals surface area (Å²) < 4.78 is 58.0. The summed E-state index contributed by atoms with van der Waals surface area (Å²) in [5.74, 6) is -2.48. The van der Waals surface area contributed by atoms with E-state index in [4.69, 9.17) is 47.4 Å². The zero-order valence-corrected chi connectivity index (χ0v) is 40.9. The zero-order chi connectivity index (χ0) is 56.6. The van der Waals surface area contributed by atoms with Gasteiger partial charge in [-0.25, -0.2) is 0 Å². The Labute approximate surface area is 431 Å². The molecule has 20 N–H and O–H groups in total. The summed E-state index contributed by atoms with van der Waals surface area (Å²) in [5, 5.41) is 190. The third-order valence-electron chi connectivity index (χ3n) is 13.2. The fourth-order valence-corrected chi connectivity index (χ4v) is 9.08. The maximum atomic E-state index is 12.2. The van der Waals surface area contributed by atoms with Gasteiger partial charge in [0.1, 0.15) is 153 Å². The number of ether oxygens (including phenoxy) is 10. The van der Waals surface area contributed by atoms with Crippen LogP contribution in [0.2, 0.25) is 0 Å². The molecule has 3 amide bonds. The molecule has 0 aliphatic carbocycles. The maximum absolute atomic E-state index is 12.2. The van der Waals surface area contributed by atoms with E-state index in [9.17, 15) is 106 Å². The molecule has 0 aromatic rings. The van der Waals surface area contributed by atoms with E-state index in [2.05, 4.69) is 16.0 Å². The molecule has 5 fully saturated rings. The highest BCUT2D eigenvalue weighted by molar-refractivity contribution is 5.77. The fraction of sp³-hybridized carbons (Fsp3) is 0.905. The topological polar surface area (TPSA) is 541 Å².